The van der Waals surface area contributed by atoms with Crippen LogP contribution in [-0.2, 0) is 0 Å². The molecule has 4 nitrogen and oxygen atoms in total. The van der Waals surface area contributed by atoms with Gasteiger partial charge in [0.2, 0.25) is 0 Å². The summed E-state index contributed by atoms with van der Waals surface area (Å²) in [6.07, 6.45) is 2.17. The minimum Gasteiger partial charge on any atom is -0.314 e. The van der Waals surface area contributed by atoms with Gasteiger partial charge in [0.1, 0.15) is 5.82 Å². The Kier molecular flexibility index (Phi) is 5.16. The molecule has 0 amide bonds. The minimum atomic E-state index is 0.933. The summed E-state index contributed by atoms with van der Waals surface area (Å²) in [5.74, 6) is 0.933. The van der Waals surface area contributed by atoms with Gasteiger partial charge in [-0.15, -0.1) is 0 Å². The second-order valence-electron chi connectivity index (χ2n) is 10.9. The lowest BCUT2D eigenvalue weighted by Crippen LogP contribution is -1.98. The van der Waals surface area contributed by atoms with E-state index in [2.05, 4.69) is 159 Å². The van der Waals surface area contributed by atoms with Crippen molar-refractivity contribution in [2.24, 2.45) is 0 Å². The van der Waals surface area contributed by atoms with Crippen molar-refractivity contribution >= 4 is 38.4 Å². The second-order valence-corrected chi connectivity index (χ2v) is 10.9. The molecule has 9 aromatic rings. The molecule has 0 bridgehead atoms. The third-order valence-electron chi connectivity index (χ3n) is 8.46. The number of fused-ring (bicyclic) bond motifs is 6. The zero-order chi connectivity index (χ0) is 28.3. The Morgan fingerprint density at radius 1 is 0.442 bits per heavy atom. The number of pyridine rings is 1. The lowest BCUT2D eigenvalue weighted by atomic mass is 10.1. The largest absolute Gasteiger partial charge is 0.314 e. The Morgan fingerprint density at radius 2 is 1.07 bits per heavy atom. The van der Waals surface area contributed by atoms with Gasteiger partial charge in [-0.3, -0.25) is 4.57 Å². The summed E-state index contributed by atoms with van der Waals surface area (Å²) in [6.45, 7) is 0. The van der Waals surface area contributed by atoms with Gasteiger partial charge in [0.05, 0.1) is 33.3 Å². The number of benzene rings is 5. The summed E-state index contributed by atoms with van der Waals surface area (Å²) in [7, 11) is 0. The van der Waals surface area contributed by atoms with E-state index in [1.54, 1.807) is 0 Å². The fourth-order valence-electron chi connectivity index (χ4n) is 6.64. The molecule has 0 spiro atoms. The molecule has 202 valence electrons. The van der Waals surface area contributed by atoms with E-state index < -0.39 is 0 Å². The third kappa shape index (κ3) is 3.53. The molecule has 0 saturated heterocycles. The van der Waals surface area contributed by atoms with Crippen LogP contribution in [0.3, 0.4) is 0 Å². The number of hydrogen-bond acceptors (Lipinski definition) is 1. The Morgan fingerprint density at radius 3 is 1.88 bits per heavy atom. The average Bonchev–Trinajstić information content (AvgIpc) is 3.74. The van der Waals surface area contributed by atoms with Crippen LogP contribution >= 0.6 is 0 Å². The van der Waals surface area contributed by atoms with Crippen LogP contribution in [-0.4, -0.2) is 18.5 Å². The highest BCUT2D eigenvalue weighted by Gasteiger charge is 2.22. The standard InChI is InChI=1S/C39H26N4/c1-3-13-27(14-4-1)37-36-31-17-7-9-19-33(31)42(38(36)35-21-11-12-26-41(35)37)30-24-22-28(23-25-30)39-40-32-18-8-10-20-34(32)43(39)29-15-5-2-6-16-29/h1-26H. The minimum absolute atomic E-state index is 0.933. The number of rotatable bonds is 4. The van der Waals surface area contributed by atoms with Gasteiger partial charge < -0.3 is 8.97 Å². The predicted octanol–water partition coefficient (Wildman–Crippen LogP) is 9.71. The van der Waals surface area contributed by atoms with Crippen LogP contribution in [0.4, 0.5) is 0 Å². The zero-order valence-corrected chi connectivity index (χ0v) is 23.3. The molecule has 0 aliphatic heterocycles. The van der Waals surface area contributed by atoms with Crippen molar-refractivity contribution in [3.8, 4) is 34.0 Å². The molecule has 4 aromatic heterocycles. The molecule has 0 atom stereocenters. The highest BCUT2D eigenvalue weighted by Crippen LogP contribution is 2.42. The van der Waals surface area contributed by atoms with Crippen LogP contribution < -0.4 is 0 Å². The van der Waals surface area contributed by atoms with E-state index in [-0.39, 0.29) is 0 Å². The van der Waals surface area contributed by atoms with Crippen molar-refractivity contribution in [2.75, 3.05) is 0 Å². The van der Waals surface area contributed by atoms with Gasteiger partial charge in [0.25, 0.3) is 0 Å². The Hall–Kier alpha value is -5.87. The van der Waals surface area contributed by atoms with E-state index in [1.807, 2.05) is 12.1 Å². The summed E-state index contributed by atoms with van der Waals surface area (Å²) in [5, 5.41) is 2.51. The van der Waals surface area contributed by atoms with Crippen molar-refractivity contribution in [2.45, 2.75) is 0 Å². The quantitative estimate of drug-likeness (QED) is 0.214. The zero-order valence-electron chi connectivity index (χ0n) is 23.3. The van der Waals surface area contributed by atoms with E-state index in [0.29, 0.717) is 0 Å². The first-order chi connectivity index (χ1) is 21.4. The first-order valence-electron chi connectivity index (χ1n) is 14.6. The molecule has 0 radical (unpaired) electrons. The average molecular weight is 551 g/mol. The first kappa shape index (κ1) is 23.8. The van der Waals surface area contributed by atoms with Gasteiger partial charge in [-0.2, -0.15) is 0 Å². The van der Waals surface area contributed by atoms with Gasteiger partial charge in [0, 0.05) is 33.9 Å². The van der Waals surface area contributed by atoms with Gasteiger partial charge >= 0.3 is 0 Å². The highest BCUT2D eigenvalue weighted by molar-refractivity contribution is 6.20. The fourth-order valence-corrected chi connectivity index (χ4v) is 6.64. The molecule has 0 saturated carbocycles. The number of hydrogen-bond donors (Lipinski definition) is 0. The monoisotopic (exact) mass is 550 g/mol. The van der Waals surface area contributed by atoms with Crippen molar-refractivity contribution in [1.82, 2.24) is 18.5 Å². The number of nitrogens with zero attached hydrogens (tertiary/aromatic N) is 4. The van der Waals surface area contributed by atoms with Crippen LogP contribution in [0.15, 0.2) is 158 Å². The van der Waals surface area contributed by atoms with Crippen molar-refractivity contribution in [1.29, 1.82) is 0 Å². The molecule has 0 aliphatic carbocycles. The van der Waals surface area contributed by atoms with E-state index in [0.717, 1.165) is 33.8 Å². The summed E-state index contributed by atoms with van der Waals surface area (Å²) in [4.78, 5) is 5.08. The van der Waals surface area contributed by atoms with E-state index in [1.165, 1.54) is 38.6 Å². The molecule has 4 heterocycles. The summed E-state index contributed by atoms with van der Waals surface area (Å²) in [5.41, 5.74) is 11.4. The van der Waals surface area contributed by atoms with E-state index >= 15 is 0 Å². The molecule has 43 heavy (non-hydrogen) atoms. The normalized spacial score (nSPS) is 11.7. The molecule has 0 aliphatic rings. The van der Waals surface area contributed by atoms with E-state index in [9.17, 15) is 0 Å². The van der Waals surface area contributed by atoms with Crippen molar-refractivity contribution < 1.29 is 0 Å². The van der Waals surface area contributed by atoms with Crippen molar-refractivity contribution in [3.63, 3.8) is 0 Å². The molecule has 5 aromatic carbocycles. The van der Waals surface area contributed by atoms with E-state index in [4.69, 9.17) is 4.98 Å². The number of aromatic nitrogens is 4. The summed E-state index contributed by atoms with van der Waals surface area (Å²) < 4.78 is 7.00. The molecular weight excluding hydrogens is 524 g/mol. The lowest BCUT2D eigenvalue weighted by molar-refractivity contribution is 1.10. The van der Waals surface area contributed by atoms with Gasteiger partial charge in [-0.1, -0.05) is 84.9 Å². The van der Waals surface area contributed by atoms with Crippen LogP contribution in [0.2, 0.25) is 0 Å². The summed E-state index contributed by atoms with van der Waals surface area (Å²) >= 11 is 0. The molecule has 0 N–H and O–H groups in total. The van der Waals surface area contributed by atoms with Gasteiger partial charge in [0.15, 0.2) is 0 Å². The smallest absolute Gasteiger partial charge is 0.145 e. The maximum atomic E-state index is 5.08. The Balaban J connectivity index is 1.29. The second kappa shape index (κ2) is 9.33. The molecule has 0 fully saturated rings. The maximum absolute atomic E-state index is 5.08. The molecular formula is C39H26N4. The number of imidazole rings is 1. The Labute approximate surface area is 248 Å². The Bertz CT molecular complexity index is 2420. The number of para-hydroxylation sites is 4. The van der Waals surface area contributed by atoms with Crippen LogP contribution in [0, 0.1) is 0 Å². The van der Waals surface area contributed by atoms with Crippen LogP contribution in [0.25, 0.3) is 72.4 Å². The third-order valence-corrected chi connectivity index (χ3v) is 8.46. The predicted molar refractivity (Wildman–Crippen MR) is 177 cm³/mol. The SMILES string of the molecule is c1ccc(-c2c3c4ccccc4n(-c4ccc(-c5nc6ccccc6n5-c5ccccc5)cc4)c3c3ccccn23)cc1. The summed E-state index contributed by atoms with van der Waals surface area (Å²) in [6, 6.07) is 53.6. The van der Waals surface area contributed by atoms with Gasteiger partial charge in [-0.05, 0) is 72.3 Å². The van der Waals surface area contributed by atoms with Crippen LogP contribution in [0.1, 0.15) is 0 Å². The van der Waals surface area contributed by atoms with Crippen molar-refractivity contribution in [3.05, 3.63) is 158 Å². The fraction of sp³-hybridized carbons (Fsp3) is 0. The lowest BCUT2D eigenvalue weighted by Gasteiger charge is -2.12. The van der Waals surface area contributed by atoms with Crippen LogP contribution in [0.5, 0.6) is 0 Å². The maximum Gasteiger partial charge on any atom is 0.145 e. The molecule has 0 unspecified atom stereocenters. The first-order valence-corrected chi connectivity index (χ1v) is 14.6. The molecule has 9 rings (SSSR count). The highest BCUT2D eigenvalue weighted by atomic mass is 15.1. The topological polar surface area (TPSA) is 27.2 Å². The molecule has 4 heteroatoms. The van der Waals surface area contributed by atoms with Gasteiger partial charge in [-0.25, -0.2) is 4.98 Å².